The van der Waals surface area contributed by atoms with E-state index in [-0.39, 0.29) is 11.3 Å². The molecule has 2 unspecified atom stereocenters. The minimum atomic E-state index is -3.59. The zero-order valence-corrected chi connectivity index (χ0v) is 32.8. The summed E-state index contributed by atoms with van der Waals surface area (Å²) in [7, 11) is -10.6. The molecule has 5 heteroatoms. The van der Waals surface area contributed by atoms with Crippen molar-refractivity contribution < 1.29 is 21.8 Å². The molecular formula is C48H44O2Si3. The minimum Gasteiger partial charge on any atom is -0.458 e. The Hall–Kier alpha value is -5.21. The van der Waals surface area contributed by atoms with Gasteiger partial charge in [-0.25, -0.2) is 0 Å². The van der Waals surface area contributed by atoms with E-state index in [0.29, 0.717) is 49.1 Å². The topological polar surface area (TPSA) is 18.5 Å². The maximum atomic E-state index is 9.06. The van der Waals surface area contributed by atoms with E-state index in [2.05, 4.69) is 36.4 Å². The second kappa shape index (κ2) is 12.4. The van der Waals surface area contributed by atoms with Gasteiger partial charge in [0.15, 0.2) is 8.07 Å². The summed E-state index contributed by atoms with van der Waals surface area (Å²) in [6.07, 6.45) is 0. The van der Waals surface area contributed by atoms with Gasteiger partial charge in [0.2, 0.25) is 0 Å². The third-order valence-electron chi connectivity index (χ3n) is 11.2. The van der Waals surface area contributed by atoms with E-state index >= 15 is 0 Å². The maximum Gasteiger partial charge on any atom is 0.183 e. The molecule has 2 aliphatic heterocycles. The van der Waals surface area contributed by atoms with Gasteiger partial charge in [0, 0.05) is 17.9 Å². The van der Waals surface area contributed by atoms with E-state index in [4.69, 9.17) is 21.8 Å². The molecule has 0 N–H and O–H groups in total. The molecule has 9 rings (SSSR count). The first-order chi connectivity index (χ1) is 29.3. The van der Waals surface area contributed by atoms with Crippen LogP contribution in [0.15, 0.2) is 158 Å². The molecule has 2 heterocycles. The number of fused-ring (bicyclic) bond motifs is 4. The summed E-state index contributed by atoms with van der Waals surface area (Å²) in [5.41, 5.74) is 1.82. The zero-order valence-electron chi connectivity index (χ0n) is 38.8. The van der Waals surface area contributed by atoms with Crippen LogP contribution in [0.3, 0.4) is 0 Å². The predicted octanol–water partition coefficient (Wildman–Crippen LogP) is 7.20. The van der Waals surface area contributed by atoms with Crippen molar-refractivity contribution in [3.63, 3.8) is 0 Å². The van der Waals surface area contributed by atoms with Gasteiger partial charge in [0.1, 0.15) is 39.1 Å². The fraction of sp³-hybridized carbons (Fsp3) is 0.125. The summed E-state index contributed by atoms with van der Waals surface area (Å²) >= 11 is 0. The number of ether oxygens (including phenoxy) is 2. The SMILES string of the molecule is [2H]C([2H])([2H])c1ccc2c(c1-c1cccc([Si](c3ccccc3)(c3ccccc3)c3cccc4c3Oc3ccccc3[Si]4(C)C([2H])([2H])[2H])c1)Oc1cc(C)ccc1[Si]2(C)C([2H])([2H])[2H]. The highest BCUT2D eigenvalue weighted by molar-refractivity contribution is 7.20. The Morgan fingerprint density at radius 2 is 1.09 bits per heavy atom. The fourth-order valence-corrected chi connectivity index (χ4v) is 18.4. The Labute approximate surface area is 329 Å². The Morgan fingerprint density at radius 3 is 1.81 bits per heavy atom. The second-order valence-corrected chi connectivity index (χ2v) is 25.0. The number of benzene rings is 7. The summed E-state index contributed by atoms with van der Waals surface area (Å²) < 4.78 is 94.4. The summed E-state index contributed by atoms with van der Waals surface area (Å²) in [6, 6.07) is 50.5. The molecular weight excluding hydrogens is 693 g/mol. The molecule has 260 valence electrons. The molecule has 2 aliphatic rings. The van der Waals surface area contributed by atoms with Crippen molar-refractivity contribution in [1.82, 2.24) is 0 Å². The van der Waals surface area contributed by atoms with E-state index in [1.165, 1.54) is 0 Å². The van der Waals surface area contributed by atoms with Gasteiger partial charge in [-0.1, -0.05) is 172 Å². The average molecular weight is 746 g/mol. The molecule has 7 aromatic carbocycles. The summed E-state index contributed by atoms with van der Waals surface area (Å²) in [6.45, 7) is -1.65. The third-order valence-corrected chi connectivity index (χ3v) is 21.9. The van der Waals surface area contributed by atoms with E-state index < -0.39 is 44.0 Å². The van der Waals surface area contributed by atoms with E-state index in [0.717, 1.165) is 26.3 Å². The molecule has 7 aromatic rings. The lowest BCUT2D eigenvalue weighted by molar-refractivity contribution is 0.487. The summed E-state index contributed by atoms with van der Waals surface area (Å²) in [5, 5.41) is 6.31. The molecule has 2 atom stereocenters. The zero-order chi connectivity index (χ0) is 44.0. The van der Waals surface area contributed by atoms with Crippen LogP contribution in [0.2, 0.25) is 26.0 Å². The molecule has 0 aliphatic carbocycles. The maximum absolute atomic E-state index is 9.06. The molecule has 0 amide bonds. The van der Waals surface area contributed by atoms with E-state index in [1.807, 2.05) is 129 Å². The molecule has 0 radical (unpaired) electrons. The van der Waals surface area contributed by atoms with Crippen molar-refractivity contribution in [3.8, 4) is 34.1 Å². The highest BCUT2D eigenvalue weighted by Crippen LogP contribution is 2.39. The first-order valence-corrected chi connectivity index (χ1v) is 24.9. The fourth-order valence-electron chi connectivity index (χ4n) is 8.56. The molecule has 2 nitrogen and oxygen atoms in total. The van der Waals surface area contributed by atoms with Gasteiger partial charge in [-0.2, -0.15) is 0 Å². The van der Waals surface area contributed by atoms with Crippen LogP contribution in [0.25, 0.3) is 11.1 Å². The quantitative estimate of drug-likeness (QED) is 0.137. The standard InChI is InChI=1S/C48H44O2Si3/c1-33-27-29-42-40(31-33)50-48-44(52(42,5)6)30-28-34(2)46(48)35-17-15-22-38(32-35)53(36-18-9-7-10-19-36,37-20-11-8-12-21-37)45-26-16-25-43-47(45)49-39-23-13-14-24-41(39)51(43,3)4/h7-32H,1-6H3/i2D3,3D3,5D3. The number of rotatable bonds is 5. The number of para-hydroxylation sites is 2. The van der Waals surface area contributed by atoms with Gasteiger partial charge in [-0.3, -0.25) is 0 Å². The van der Waals surface area contributed by atoms with Crippen molar-refractivity contribution in [3.05, 3.63) is 169 Å². The highest BCUT2D eigenvalue weighted by Gasteiger charge is 2.47. The molecule has 0 spiro atoms. The van der Waals surface area contributed by atoms with E-state index in [9.17, 15) is 0 Å². The molecule has 0 bridgehead atoms. The van der Waals surface area contributed by atoms with Gasteiger partial charge < -0.3 is 9.47 Å². The van der Waals surface area contributed by atoms with E-state index in [1.54, 1.807) is 12.1 Å². The third kappa shape index (κ3) is 5.09. The van der Waals surface area contributed by atoms with Crippen LogP contribution in [-0.2, 0) is 0 Å². The van der Waals surface area contributed by atoms with Crippen molar-refractivity contribution in [2.24, 2.45) is 0 Å². The predicted molar refractivity (Wildman–Crippen MR) is 231 cm³/mol. The molecule has 53 heavy (non-hydrogen) atoms. The van der Waals surface area contributed by atoms with Crippen molar-refractivity contribution in [2.75, 3.05) is 0 Å². The molecule has 0 aromatic heterocycles. The lowest BCUT2D eigenvalue weighted by Gasteiger charge is -2.40. The molecule has 0 saturated heterocycles. The average Bonchev–Trinajstić information content (AvgIpc) is 3.23. The number of hydrogen-bond donors (Lipinski definition) is 0. The van der Waals surface area contributed by atoms with Crippen molar-refractivity contribution in [2.45, 2.75) is 39.8 Å². The molecule has 0 fully saturated rings. The second-order valence-electron chi connectivity index (χ2n) is 14.6. The van der Waals surface area contributed by atoms with Gasteiger partial charge in [-0.15, -0.1) is 0 Å². The Balaban J connectivity index is 1.39. The lowest BCUT2D eigenvalue weighted by Crippen LogP contribution is -2.75. The number of hydrogen-bond acceptors (Lipinski definition) is 2. The summed E-state index contributed by atoms with van der Waals surface area (Å²) in [5.74, 6) is 1.75. The van der Waals surface area contributed by atoms with Crippen molar-refractivity contribution in [1.29, 1.82) is 0 Å². The first-order valence-electron chi connectivity index (χ1n) is 22.4. The van der Waals surface area contributed by atoms with Crippen LogP contribution >= 0.6 is 0 Å². The first kappa shape index (κ1) is 24.9. The highest BCUT2D eigenvalue weighted by atomic mass is 28.3. The van der Waals surface area contributed by atoms with Crippen molar-refractivity contribution >= 4 is 65.7 Å². The van der Waals surface area contributed by atoms with Crippen LogP contribution < -0.4 is 51.0 Å². The van der Waals surface area contributed by atoms with Gasteiger partial charge >= 0.3 is 0 Å². The van der Waals surface area contributed by atoms with Crippen LogP contribution in [0.1, 0.15) is 23.5 Å². The molecule has 0 saturated carbocycles. The minimum absolute atomic E-state index is 0.0505. The van der Waals surface area contributed by atoms with Gasteiger partial charge in [-0.05, 0) is 84.1 Å². The summed E-state index contributed by atoms with van der Waals surface area (Å²) in [4.78, 5) is 0. The largest absolute Gasteiger partial charge is 0.458 e. The van der Waals surface area contributed by atoms with Crippen LogP contribution in [-0.4, -0.2) is 24.2 Å². The van der Waals surface area contributed by atoms with Gasteiger partial charge in [0.05, 0.1) is 0 Å². The van der Waals surface area contributed by atoms with Crippen LogP contribution in [0.4, 0.5) is 0 Å². The smallest absolute Gasteiger partial charge is 0.183 e. The lowest BCUT2D eigenvalue weighted by atomic mass is 9.99. The Morgan fingerprint density at radius 1 is 0.509 bits per heavy atom. The van der Waals surface area contributed by atoms with Crippen LogP contribution in [0, 0.1) is 13.8 Å². The Kier molecular flexibility index (Phi) is 5.85. The van der Waals surface area contributed by atoms with Gasteiger partial charge in [0.25, 0.3) is 0 Å². The Bertz CT molecular complexity index is 2840. The normalized spacial score (nSPS) is 21.7. The monoisotopic (exact) mass is 745 g/mol. The van der Waals surface area contributed by atoms with Crippen LogP contribution in [0.5, 0.6) is 23.0 Å². The number of aryl methyl sites for hydroxylation is 2.